The average molecular weight is 368 g/mol. The molecule has 26 heavy (non-hydrogen) atoms. The van der Waals surface area contributed by atoms with Gasteiger partial charge in [0, 0.05) is 23.3 Å². The summed E-state index contributed by atoms with van der Waals surface area (Å²) in [6.45, 7) is 1.79. The van der Waals surface area contributed by atoms with Gasteiger partial charge in [-0.25, -0.2) is 0 Å². The van der Waals surface area contributed by atoms with Crippen molar-refractivity contribution in [3.8, 4) is 5.75 Å². The maximum absolute atomic E-state index is 12.3. The van der Waals surface area contributed by atoms with Crippen LogP contribution in [0.2, 0.25) is 5.02 Å². The van der Waals surface area contributed by atoms with Crippen LogP contribution in [0.4, 0.5) is 5.69 Å². The third-order valence-electron chi connectivity index (χ3n) is 4.49. The highest BCUT2D eigenvalue weighted by Gasteiger charge is 2.19. The van der Waals surface area contributed by atoms with Crippen LogP contribution in [0.15, 0.2) is 70.1 Å². The summed E-state index contributed by atoms with van der Waals surface area (Å²) in [5, 5.41) is 0.668. The van der Waals surface area contributed by atoms with Gasteiger partial charge in [-0.05, 0) is 35.7 Å². The zero-order valence-corrected chi connectivity index (χ0v) is 14.9. The minimum absolute atomic E-state index is 0.173. The van der Waals surface area contributed by atoms with E-state index in [4.69, 9.17) is 20.8 Å². The second kappa shape index (κ2) is 7.26. The van der Waals surface area contributed by atoms with E-state index in [0.717, 1.165) is 18.5 Å². The molecule has 0 saturated heterocycles. The van der Waals surface area contributed by atoms with Gasteiger partial charge < -0.3 is 14.1 Å². The van der Waals surface area contributed by atoms with Crippen molar-refractivity contribution in [1.82, 2.24) is 0 Å². The van der Waals surface area contributed by atoms with Gasteiger partial charge in [-0.1, -0.05) is 41.9 Å². The van der Waals surface area contributed by atoms with Gasteiger partial charge in [-0.3, -0.25) is 4.79 Å². The van der Waals surface area contributed by atoms with E-state index >= 15 is 0 Å². The number of nitrogens with zero attached hydrogens (tertiary/aromatic N) is 1. The molecule has 0 fully saturated rings. The quantitative estimate of drug-likeness (QED) is 0.668. The molecule has 2 heterocycles. The van der Waals surface area contributed by atoms with Gasteiger partial charge in [0.15, 0.2) is 0 Å². The third kappa shape index (κ3) is 3.60. The van der Waals surface area contributed by atoms with Crippen LogP contribution >= 0.6 is 11.6 Å². The lowest BCUT2D eigenvalue weighted by Gasteiger charge is -2.18. The van der Waals surface area contributed by atoms with Crippen LogP contribution in [-0.4, -0.2) is 6.54 Å². The van der Waals surface area contributed by atoms with Crippen LogP contribution in [0.1, 0.15) is 16.9 Å². The molecule has 2 aromatic carbocycles. The Morgan fingerprint density at radius 2 is 1.92 bits per heavy atom. The smallest absolute Gasteiger partial charge is 0.227 e. The Labute approximate surface area is 156 Å². The molecule has 0 bridgehead atoms. The number of halogens is 1. The number of ether oxygens (including phenoxy) is 1. The molecule has 0 aliphatic carbocycles. The van der Waals surface area contributed by atoms with Crippen molar-refractivity contribution < 1.29 is 9.15 Å². The number of anilines is 1. The molecular formula is C21H18ClNO3. The largest absolute Gasteiger partial charge is 0.482 e. The summed E-state index contributed by atoms with van der Waals surface area (Å²) in [4.78, 5) is 14.5. The molecule has 132 valence electrons. The van der Waals surface area contributed by atoms with Gasteiger partial charge in [-0.15, -0.1) is 0 Å². The first-order valence-corrected chi connectivity index (χ1v) is 8.89. The molecule has 4 nitrogen and oxygen atoms in total. The summed E-state index contributed by atoms with van der Waals surface area (Å²) < 4.78 is 11.2. The van der Waals surface area contributed by atoms with Crippen LogP contribution < -0.4 is 15.1 Å². The van der Waals surface area contributed by atoms with Crippen LogP contribution in [0, 0.1) is 0 Å². The lowest BCUT2D eigenvalue weighted by molar-refractivity contribution is 0.289. The molecule has 4 rings (SSSR count). The van der Waals surface area contributed by atoms with Crippen LogP contribution in [0.25, 0.3) is 0 Å². The summed E-state index contributed by atoms with van der Waals surface area (Å²) in [6, 6.07) is 17.1. The first-order valence-electron chi connectivity index (χ1n) is 8.51. The molecule has 3 aromatic rings. The standard InChI is InChI=1S/C21H18ClNO3/c22-17-7-5-15(6-8-17)13-26-21-14-25-18(11-20(21)24)12-23-10-9-16-3-1-2-4-19(16)23/h1-8,11,14H,9-10,12-13H2. The van der Waals surface area contributed by atoms with E-state index in [1.807, 2.05) is 18.2 Å². The van der Waals surface area contributed by atoms with Crippen molar-refractivity contribution in [1.29, 1.82) is 0 Å². The fourth-order valence-electron chi connectivity index (χ4n) is 3.13. The van der Waals surface area contributed by atoms with E-state index in [1.54, 1.807) is 12.1 Å². The fourth-order valence-corrected chi connectivity index (χ4v) is 3.25. The summed E-state index contributed by atoms with van der Waals surface area (Å²) in [5.74, 6) is 0.844. The number of para-hydroxylation sites is 1. The maximum Gasteiger partial charge on any atom is 0.227 e. The molecule has 5 heteroatoms. The Morgan fingerprint density at radius 1 is 1.12 bits per heavy atom. The second-order valence-electron chi connectivity index (χ2n) is 6.29. The Morgan fingerprint density at radius 3 is 2.73 bits per heavy atom. The first-order chi connectivity index (χ1) is 12.7. The summed E-state index contributed by atoms with van der Waals surface area (Å²) in [7, 11) is 0. The highest BCUT2D eigenvalue weighted by Crippen LogP contribution is 2.28. The topological polar surface area (TPSA) is 42.7 Å². The van der Waals surface area contributed by atoms with E-state index in [0.29, 0.717) is 23.9 Å². The number of benzene rings is 2. The predicted molar refractivity (Wildman–Crippen MR) is 102 cm³/mol. The second-order valence-corrected chi connectivity index (χ2v) is 6.73. The average Bonchev–Trinajstić information content (AvgIpc) is 3.06. The normalized spacial score (nSPS) is 12.9. The van der Waals surface area contributed by atoms with Gasteiger partial charge in [0.2, 0.25) is 11.2 Å². The number of hydrogen-bond donors (Lipinski definition) is 0. The molecule has 1 aliphatic rings. The molecule has 0 unspecified atom stereocenters. The fraction of sp³-hybridized carbons (Fsp3) is 0.190. The number of fused-ring (bicyclic) bond motifs is 1. The van der Waals surface area contributed by atoms with Crippen LogP contribution in [0.5, 0.6) is 5.75 Å². The third-order valence-corrected chi connectivity index (χ3v) is 4.74. The van der Waals surface area contributed by atoms with Gasteiger partial charge in [-0.2, -0.15) is 0 Å². The van der Waals surface area contributed by atoms with Crippen molar-refractivity contribution in [3.05, 3.63) is 93.0 Å². The van der Waals surface area contributed by atoms with Crippen molar-refractivity contribution in [2.75, 3.05) is 11.4 Å². The van der Waals surface area contributed by atoms with Crippen molar-refractivity contribution >= 4 is 17.3 Å². The Bertz CT molecular complexity index is 965. The van der Waals surface area contributed by atoms with Crippen molar-refractivity contribution in [2.24, 2.45) is 0 Å². The lowest BCUT2D eigenvalue weighted by atomic mass is 10.2. The van der Waals surface area contributed by atoms with Crippen LogP contribution in [0.3, 0.4) is 0 Å². The van der Waals surface area contributed by atoms with E-state index < -0.39 is 0 Å². The molecule has 1 aliphatic heterocycles. The van der Waals surface area contributed by atoms with Gasteiger partial charge in [0.05, 0.1) is 6.54 Å². The van der Waals surface area contributed by atoms with Crippen molar-refractivity contribution in [3.63, 3.8) is 0 Å². The number of rotatable bonds is 5. The molecule has 0 radical (unpaired) electrons. The van der Waals surface area contributed by atoms with Crippen molar-refractivity contribution in [2.45, 2.75) is 19.6 Å². The minimum Gasteiger partial charge on any atom is -0.482 e. The summed E-state index contributed by atoms with van der Waals surface area (Å²) in [6.07, 6.45) is 2.41. The Balaban J connectivity index is 1.43. The molecule has 0 saturated carbocycles. The van der Waals surface area contributed by atoms with E-state index in [9.17, 15) is 4.79 Å². The molecule has 0 amide bonds. The van der Waals surface area contributed by atoms with Gasteiger partial charge in [0.25, 0.3) is 0 Å². The first kappa shape index (κ1) is 16.7. The van der Waals surface area contributed by atoms with E-state index in [2.05, 4.69) is 23.1 Å². The summed E-state index contributed by atoms with van der Waals surface area (Å²) >= 11 is 5.86. The number of hydrogen-bond acceptors (Lipinski definition) is 4. The van der Waals surface area contributed by atoms with E-state index in [-0.39, 0.29) is 11.2 Å². The highest BCUT2D eigenvalue weighted by molar-refractivity contribution is 6.30. The zero-order chi connectivity index (χ0) is 17.9. The van der Waals surface area contributed by atoms with Crippen LogP contribution in [-0.2, 0) is 19.6 Å². The molecule has 1 aromatic heterocycles. The molecular weight excluding hydrogens is 350 g/mol. The highest BCUT2D eigenvalue weighted by atomic mass is 35.5. The molecule has 0 atom stereocenters. The zero-order valence-electron chi connectivity index (χ0n) is 14.2. The predicted octanol–water partition coefficient (Wildman–Crippen LogP) is 4.43. The summed E-state index contributed by atoms with van der Waals surface area (Å²) in [5.41, 5.74) is 3.30. The maximum atomic E-state index is 12.3. The lowest BCUT2D eigenvalue weighted by Crippen LogP contribution is -2.20. The minimum atomic E-state index is -0.173. The monoisotopic (exact) mass is 367 g/mol. The van der Waals surface area contributed by atoms with Gasteiger partial charge >= 0.3 is 0 Å². The molecule has 0 N–H and O–H groups in total. The molecule has 0 spiro atoms. The SMILES string of the molecule is O=c1cc(CN2CCc3ccccc32)occ1OCc1ccc(Cl)cc1. The van der Waals surface area contributed by atoms with Gasteiger partial charge in [0.1, 0.15) is 18.6 Å². The Kier molecular flexibility index (Phi) is 4.67. The van der Waals surface area contributed by atoms with E-state index in [1.165, 1.54) is 23.6 Å². The Hall–Kier alpha value is -2.72.